The molecule has 0 amide bonds. The largest absolute Gasteiger partial charge is 0.483 e. The van der Waals surface area contributed by atoms with E-state index in [4.69, 9.17) is 10.0 Å². The van der Waals surface area contributed by atoms with Crippen LogP contribution in [0.1, 0.15) is 37.4 Å². The number of nitrogens with zero attached hydrogens (tertiary/aromatic N) is 4. The monoisotopic (exact) mass is 262 g/mol. The molecule has 6 nitrogen and oxygen atoms in total. The first kappa shape index (κ1) is 12.8. The van der Waals surface area contributed by atoms with Gasteiger partial charge in [-0.3, -0.25) is 4.90 Å². The Hall–Kier alpha value is -1.18. The van der Waals surface area contributed by atoms with Crippen LogP contribution >= 0.6 is 0 Å². The van der Waals surface area contributed by atoms with Crippen LogP contribution in [0.3, 0.4) is 0 Å². The van der Waals surface area contributed by atoms with Crippen molar-refractivity contribution in [3.63, 3.8) is 0 Å². The van der Waals surface area contributed by atoms with Gasteiger partial charge in [-0.05, 0) is 31.2 Å². The van der Waals surface area contributed by atoms with Crippen molar-refractivity contribution in [2.24, 2.45) is 0 Å². The third-order valence-electron chi connectivity index (χ3n) is 4.05. The summed E-state index contributed by atoms with van der Waals surface area (Å²) in [5.74, 6) is 0. The van der Waals surface area contributed by atoms with E-state index in [-0.39, 0.29) is 0 Å². The lowest BCUT2D eigenvalue weighted by molar-refractivity contribution is 0.280. The molecule has 7 heteroatoms. The summed E-state index contributed by atoms with van der Waals surface area (Å²) in [4.78, 5) is 2.24. The molecule has 2 aliphatic rings. The molecule has 0 atom stereocenters. The Labute approximate surface area is 112 Å². The van der Waals surface area contributed by atoms with Gasteiger partial charge < -0.3 is 10.0 Å². The summed E-state index contributed by atoms with van der Waals surface area (Å²) < 4.78 is 1.99. The van der Waals surface area contributed by atoms with Gasteiger partial charge in [-0.25, -0.2) is 4.68 Å². The first-order chi connectivity index (χ1) is 9.22. The lowest BCUT2D eigenvalue weighted by atomic mass is 9.76. The van der Waals surface area contributed by atoms with E-state index in [1.54, 1.807) is 0 Å². The minimum atomic E-state index is -1.30. The van der Waals surface area contributed by atoms with Crippen molar-refractivity contribution in [3.05, 3.63) is 23.4 Å². The average molecular weight is 262 g/mol. The van der Waals surface area contributed by atoms with Crippen LogP contribution in [0.15, 0.2) is 17.7 Å². The third kappa shape index (κ3) is 2.88. The minimum absolute atomic E-state index is 0.554. The molecule has 1 aliphatic heterocycles. The highest BCUT2D eigenvalue weighted by molar-refractivity contribution is 6.50. The van der Waals surface area contributed by atoms with Crippen LogP contribution in [-0.4, -0.2) is 50.1 Å². The number of hydrogen-bond donors (Lipinski definition) is 2. The summed E-state index contributed by atoms with van der Waals surface area (Å²) in [5, 5.41) is 26.6. The number of aromatic nitrogens is 3. The van der Waals surface area contributed by atoms with E-state index in [1.165, 1.54) is 19.3 Å². The van der Waals surface area contributed by atoms with E-state index in [0.29, 0.717) is 12.5 Å². The van der Waals surface area contributed by atoms with E-state index >= 15 is 0 Å². The van der Waals surface area contributed by atoms with Crippen LogP contribution in [0.4, 0.5) is 0 Å². The van der Waals surface area contributed by atoms with Crippen molar-refractivity contribution >= 4 is 7.12 Å². The van der Waals surface area contributed by atoms with Crippen molar-refractivity contribution in [1.29, 1.82) is 0 Å². The Balaban J connectivity index is 1.56. The molecular formula is C12H19BN4O2. The Kier molecular flexibility index (Phi) is 3.68. The zero-order valence-electron chi connectivity index (χ0n) is 10.9. The summed E-state index contributed by atoms with van der Waals surface area (Å²) in [6, 6.07) is 0.554. The topological polar surface area (TPSA) is 74.4 Å². The second-order valence-electron chi connectivity index (χ2n) is 5.41. The molecule has 2 heterocycles. The van der Waals surface area contributed by atoms with Crippen molar-refractivity contribution in [2.75, 3.05) is 13.1 Å². The highest BCUT2D eigenvalue weighted by atomic mass is 16.4. The second kappa shape index (κ2) is 5.44. The van der Waals surface area contributed by atoms with Crippen LogP contribution in [0.5, 0.6) is 0 Å². The molecule has 2 N–H and O–H groups in total. The van der Waals surface area contributed by atoms with Gasteiger partial charge in [0.15, 0.2) is 0 Å². The molecule has 0 unspecified atom stereocenters. The van der Waals surface area contributed by atoms with Crippen molar-refractivity contribution in [1.82, 2.24) is 19.9 Å². The molecule has 1 aliphatic carbocycles. The third-order valence-corrected chi connectivity index (χ3v) is 4.05. The molecule has 0 spiro atoms. The van der Waals surface area contributed by atoms with Gasteiger partial charge in [0.1, 0.15) is 0 Å². The van der Waals surface area contributed by atoms with E-state index in [1.807, 2.05) is 17.0 Å². The Morgan fingerprint density at radius 1 is 1.37 bits per heavy atom. The zero-order chi connectivity index (χ0) is 13.2. The molecule has 19 heavy (non-hydrogen) atoms. The lowest BCUT2D eigenvalue weighted by Crippen LogP contribution is -2.32. The van der Waals surface area contributed by atoms with E-state index in [0.717, 1.165) is 30.8 Å². The predicted octanol–water partition coefficient (Wildman–Crippen LogP) is 0.147. The summed E-state index contributed by atoms with van der Waals surface area (Å²) in [6.07, 6.45) is 8.37. The first-order valence-corrected chi connectivity index (χ1v) is 6.90. The maximum atomic E-state index is 9.09. The summed E-state index contributed by atoms with van der Waals surface area (Å²) in [7, 11) is -1.30. The fourth-order valence-corrected chi connectivity index (χ4v) is 2.55. The molecule has 0 bridgehead atoms. The average Bonchev–Trinajstić information content (AvgIpc) is 2.76. The van der Waals surface area contributed by atoms with Gasteiger partial charge in [-0.15, -0.1) is 5.10 Å². The van der Waals surface area contributed by atoms with Crippen LogP contribution < -0.4 is 0 Å². The molecule has 0 radical (unpaired) electrons. The minimum Gasteiger partial charge on any atom is -0.423 e. The Morgan fingerprint density at radius 3 is 2.79 bits per heavy atom. The molecule has 0 aromatic carbocycles. The fourth-order valence-electron chi connectivity index (χ4n) is 2.55. The highest BCUT2D eigenvalue weighted by Gasteiger charge is 2.22. The van der Waals surface area contributed by atoms with Gasteiger partial charge >= 0.3 is 7.12 Å². The van der Waals surface area contributed by atoms with Crippen LogP contribution in [-0.2, 0) is 6.54 Å². The van der Waals surface area contributed by atoms with Gasteiger partial charge in [0.05, 0.1) is 17.9 Å². The molecule has 3 rings (SSSR count). The van der Waals surface area contributed by atoms with E-state index in [2.05, 4.69) is 15.2 Å². The molecule has 102 valence electrons. The Bertz CT molecular complexity index is 470. The molecule has 1 saturated carbocycles. The van der Waals surface area contributed by atoms with Gasteiger partial charge in [-0.1, -0.05) is 11.3 Å². The van der Waals surface area contributed by atoms with Crippen LogP contribution in [0, 0.1) is 0 Å². The molecule has 1 aromatic heterocycles. The van der Waals surface area contributed by atoms with Crippen molar-refractivity contribution < 1.29 is 10.0 Å². The van der Waals surface area contributed by atoms with Crippen LogP contribution in [0.25, 0.3) is 0 Å². The predicted molar refractivity (Wildman–Crippen MR) is 71.1 cm³/mol. The SMILES string of the molecule is OB(O)C1=CCN(Cc2cn(C3CCC3)nn2)CC1. The Morgan fingerprint density at radius 2 is 2.21 bits per heavy atom. The maximum absolute atomic E-state index is 9.09. The van der Waals surface area contributed by atoms with Crippen molar-refractivity contribution in [2.45, 2.75) is 38.3 Å². The molecular weight excluding hydrogens is 243 g/mol. The maximum Gasteiger partial charge on any atom is 0.483 e. The summed E-state index contributed by atoms with van der Waals surface area (Å²) in [6.45, 7) is 2.35. The first-order valence-electron chi connectivity index (χ1n) is 6.90. The van der Waals surface area contributed by atoms with E-state index in [9.17, 15) is 0 Å². The van der Waals surface area contributed by atoms with Gasteiger partial charge in [-0.2, -0.15) is 0 Å². The molecule has 0 saturated heterocycles. The standard InChI is InChI=1S/C12H19BN4O2/c18-13(19)10-4-6-16(7-5-10)8-11-9-17(15-14-11)12-2-1-3-12/h4,9,12,18-19H,1-3,5-8H2. The smallest absolute Gasteiger partial charge is 0.423 e. The van der Waals surface area contributed by atoms with Gasteiger partial charge in [0, 0.05) is 19.6 Å². The van der Waals surface area contributed by atoms with Gasteiger partial charge in [0.2, 0.25) is 0 Å². The lowest BCUT2D eigenvalue weighted by Gasteiger charge is -2.25. The summed E-state index contributed by atoms with van der Waals surface area (Å²) >= 11 is 0. The zero-order valence-corrected chi connectivity index (χ0v) is 10.9. The normalized spacial score (nSPS) is 21.1. The molecule has 1 aromatic rings. The summed E-state index contributed by atoms with van der Waals surface area (Å²) in [5.41, 5.74) is 1.71. The number of rotatable bonds is 4. The van der Waals surface area contributed by atoms with Crippen molar-refractivity contribution in [3.8, 4) is 0 Å². The molecule has 1 fully saturated rings. The van der Waals surface area contributed by atoms with Gasteiger partial charge in [0.25, 0.3) is 0 Å². The van der Waals surface area contributed by atoms with Crippen LogP contribution in [0.2, 0.25) is 0 Å². The number of hydrogen-bond acceptors (Lipinski definition) is 5. The van der Waals surface area contributed by atoms with E-state index < -0.39 is 7.12 Å². The fraction of sp³-hybridized carbons (Fsp3) is 0.667. The second-order valence-corrected chi connectivity index (χ2v) is 5.41. The quantitative estimate of drug-likeness (QED) is 0.755. The highest BCUT2D eigenvalue weighted by Crippen LogP contribution is 2.30.